The number of fused-ring (bicyclic) bond motifs is 4. The highest BCUT2D eigenvalue weighted by atomic mass is 32.2. The molecule has 0 aliphatic rings. The Bertz CT molecular complexity index is 1150. The van der Waals surface area contributed by atoms with Crippen molar-refractivity contribution in [2.24, 2.45) is 0 Å². The molecule has 0 fully saturated rings. The highest BCUT2D eigenvalue weighted by molar-refractivity contribution is 7.38. The second-order valence-corrected chi connectivity index (χ2v) is 11.3. The molecule has 0 radical (unpaired) electrons. The summed E-state index contributed by atoms with van der Waals surface area (Å²) in [6, 6.07) is 14.0. The van der Waals surface area contributed by atoms with Crippen LogP contribution in [-0.4, -0.2) is 0 Å². The predicted octanol–water partition coefficient (Wildman–Crippen LogP) is 7.79. The fraction of sp³-hybridized carbons (Fsp3) is 0.200. The van der Waals surface area contributed by atoms with Crippen LogP contribution in [0.25, 0.3) is 29.6 Å². The van der Waals surface area contributed by atoms with Gasteiger partial charge in [-0.3, -0.25) is 0 Å². The van der Waals surface area contributed by atoms with Crippen LogP contribution >= 0.6 is 45.3 Å². The summed E-state index contributed by atoms with van der Waals surface area (Å²) in [4.78, 5) is 5.85. The van der Waals surface area contributed by atoms with Crippen molar-refractivity contribution in [3.8, 4) is 0 Å². The molecule has 0 saturated carbocycles. The van der Waals surface area contributed by atoms with Crippen molar-refractivity contribution in [3.05, 3.63) is 55.9 Å². The van der Waals surface area contributed by atoms with E-state index in [4.69, 9.17) is 0 Å². The third-order valence-electron chi connectivity index (χ3n) is 4.35. The maximum atomic E-state index is 2.40. The Labute approximate surface area is 157 Å². The second kappa shape index (κ2) is 5.67. The molecule has 0 bridgehead atoms. The van der Waals surface area contributed by atoms with E-state index in [1.165, 1.54) is 49.1 Å². The van der Waals surface area contributed by atoms with Crippen LogP contribution in [0.15, 0.2) is 36.4 Å². The molecule has 4 heterocycles. The van der Waals surface area contributed by atoms with Crippen molar-refractivity contribution < 1.29 is 0 Å². The number of rotatable bonds is 3. The van der Waals surface area contributed by atoms with Crippen molar-refractivity contribution in [2.45, 2.75) is 26.7 Å². The summed E-state index contributed by atoms with van der Waals surface area (Å²) < 4.78 is 4.42. The third-order valence-corrected chi connectivity index (χ3v) is 9.16. The van der Waals surface area contributed by atoms with Crippen LogP contribution in [0.1, 0.15) is 19.5 Å². The summed E-state index contributed by atoms with van der Waals surface area (Å²) in [5.41, 5.74) is 0. The maximum absolute atomic E-state index is 2.40. The van der Waals surface area contributed by atoms with Gasteiger partial charge in [-0.15, -0.1) is 45.3 Å². The lowest BCUT2D eigenvalue weighted by Gasteiger charge is -1.94. The first kappa shape index (κ1) is 15.1. The average molecular weight is 385 g/mol. The molecular weight excluding hydrogens is 368 g/mol. The van der Waals surface area contributed by atoms with Crippen LogP contribution < -0.4 is 0 Å². The van der Waals surface area contributed by atoms with Gasteiger partial charge in [-0.25, -0.2) is 0 Å². The average Bonchev–Trinajstić information content (AvgIpc) is 3.24. The molecule has 0 spiro atoms. The first-order valence-corrected chi connectivity index (χ1v) is 11.3. The highest BCUT2D eigenvalue weighted by Crippen LogP contribution is 2.38. The smallest absolute Gasteiger partial charge is 0.0870 e. The van der Waals surface area contributed by atoms with E-state index < -0.39 is 0 Å². The van der Waals surface area contributed by atoms with Crippen LogP contribution in [0.4, 0.5) is 0 Å². The summed E-state index contributed by atoms with van der Waals surface area (Å²) in [7, 11) is 0. The van der Waals surface area contributed by atoms with Crippen molar-refractivity contribution >= 4 is 74.9 Å². The van der Waals surface area contributed by atoms with Crippen LogP contribution in [0.5, 0.6) is 0 Å². The van der Waals surface area contributed by atoms with Crippen LogP contribution in [0.2, 0.25) is 0 Å². The second-order valence-electron chi connectivity index (χ2n) is 6.28. The van der Waals surface area contributed by atoms with Gasteiger partial charge in [-0.1, -0.05) is 12.1 Å². The molecule has 1 aromatic carbocycles. The normalized spacial score (nSPS) is 12.1. The van der Waals surface area contributed by atoms with Gasteiger partial charge in [-0.05, 0) is 61.7 Å². The Balaban J connectivity index is 1.45. The predicted molar refractivity (Wildman–Crippen MR) is 114 cm³/mol. The molecule has 0 nitrogen and oxygen atoms in total. The van der Waals surface area contributed by atoms with E-state index in [0.717, 1.165) is 12.8 Å². The molecule has 5 aromatic rings. The fourth-order valence-corrected chi connectivity index (χ4v) is 8.06. The molecule has 4 aromatic heterocycles. The minimum atomic E-state index is 1.15. The summed E-state index contributed by atoms with van der Waals surface area (Å²) in [6.07, 6.45) is 2.31. The Kier molecular flexibility index (Phi) is 3.56. The number of hydrogen-bond donors (Lipinski definition) is 0. The van der Waals surface area contributed by atoms with Gasteiger partial charge in [0, 0.05) is 24.9 Å². The van der Waals surface area contributed by atoms with Gasteiger partial charge in [0.2, 0.25) is 0 Å². The van der Waals surface area contributed by atoms with Crippen LogP contribution in [0.3, 0.4) is 0 Å². The quantitative estimate of drug-likeness (QED) is 0.298. The third kappa shape index (κ3) is 2.53. The minimum Gasteiger partial charge on any atom is -0.139 e. The highest BCUT2D eigenvalue weighted by Gasteiger charge is 2.10. The Morgan fingerprint density at radius 1 is 0.625 bits per heavy atom. The molecule has 0 saturated heterocycles. The topological polar surface area (TPSA) is 0 Å². The number of aryl methyl sites for hydroxylation is 4. The zero-order chi connectivity index (χ0) is 16.3. The van der Waals surface area contributed by atoms with Crippen LogP contribution in [-0.2, 0) is 12.8 Å². The fourth-order valence-electron chi connectivity index (χ4n) is 3.28. The van der Waals surface area contributed by atoms with E-state index in [1.807, 2.05) is 45.3 Å². The van der Waals surface area contributed by atoms with Gasteiger partial charge >= 0.3 is 0 Å². The van der Waals surface area contributed by atoms with E-state index in [1.54, 1.807) is 0 Å². The molecule has 5 rings (SSSR count). The van der Waals surface area contributed by atoms with E-state index >= 15 is 0 Å². The van der Waals surface area contributed by atoms with E-state index in [0.29, 0.717) is 0 Å². The van der Waals surface area contributed by atoms with Crippen molar-refractivity contribution in [3.63, 3.8) is 0 Å². The first-order chi connectivity index (χ1) is 11.7. The molecule has 4 heteroatoms. The van der Waals surface area contributed by atoms with Crippen molar-refractivity contribution in [2.75, 3.05) is 0 Å². The molecule has 0 N–H and O–H groups in total. The molecule has 0 amide bonds. The summed E-state index contributed by atoms with van der Waals surface area (Å²) in [5.74, 6) is 0. The Morgan fingerprint density at radius 3 is 2.00 bits per heavy atom. The monoisotopic (exact) mass is 384 g/mol. The van der Waals surface area contributed by atoms with Gasteiger partial charge in [0.25, 0.3) is 0 Å². The van der Waals surface area contributed by atoms with Gasteiger partial charge < -0.3 is 0 Å². The minimum absolute atomic E-state index is 1.15. The lowest BCUT2D eigenvalue weighted by Crippen LogP contribution is -1.83. The van der Waals surface area contributed by atoms with E-state index in [9.17, 15) is 0 Å². The Morgan fingerprint density at radius 2 is 1.21 bits per heavy atom. The first-order valence-electron chi connectivity index (χ1n) is 8.06. The summed E-state index contributed by atoms with van der Waals surface area (Å²) in [6.45, 7) is 4.40. The standard InChI is InChI=1S/C20H16S4/c1-11-7-13-3-4-14-9-16(23-19(14)18(13)21-11)5-6-17-10-15-8-12(2)22-20(15)24-17/h3-4,7-10H,5-6H2,1-2H3. The SMILES string of the molecule is Cc1cc2cc(CCc3cc4ccc5cc(C)sc5c4s3)sc2s1. The lowest BCUT2D eigenvalue weighted by molar-refractivity contribution is 1.01. The number of hydrogen-bond acceptors (Lipinski definition) is 4. The molecule has 24 heavy (non-hydrogen) atoms. The molecule has 0 aliphatic carbocycles. The summed E-state index contributed by atoms with van der Waals surface area (Å²) in [5, 5.41) is 4.24. The van der Waals surface area contributed by atoms with E-state index in [2.05, 4.69) is 50.2 Å². The zero-order valence-electron chi connectivity index (χ0n) is 13.5. The van der Waals surface area contributed by atoms with Gasteiger partial charge in [0.1, 0.15) is 0 Å². The van der Waals surface area contributed by atoms with Crippen LogP contribution in [0, 0.1) is 13.8 Å². The Hall–Kier alpha value is -1.20. The lowest BCUT2D eigenvalue weighted by atomic mass is 10.2. The van der Waals surface area contributed by atoms with Gasteiger partial charge in [0.05, 0.1) is 13.4 Å². The zero-order valence-corrected chi connectivity index (χ0v) is 16.8. The van der Waals surface area contributed by atoms with Crippen molar-refractivity contribution in [1.29, 1.82) is 0 Å². The molecule has 120 valence electrons. The summed E-state index contributed by atoms with van der Waals surface area (Å²) >= 11 is 7.82. The molecule has 0 atom stereocenters. The maximum Gasteiger partial charge on any atom is 0.0870 e. The largest absolute Gasteiger partial charge is 0.139 e. The molecule has 0 unspecified atom stereocenters. The van der Waals surface area contributed by atoms with Gasteiger partial charge in [-0.2, -0.15) is 0 Å². The number of benzene rings is 1. The number of thiophene rings is 4. The van der Waals surface area contributed by atoms with Gasteiger partial charge in [0.15, 0.2) is 0 Å². The molecule has 0 aliphatic heterocycles. The van der Waals surface area contributed by atoms with E-state index in [-0.39, 0.29) is 0 Å². The molecular formula is C20H16S4. The van der Waals surface area contributed by atoms with Crippen molar-refractivity contribution in [1.82, 2.24) is 0 Å².